The molecule has 1 atom stereocenters. The Morgan fingerprint density at radius 3 is 2.75 bits per heavy atom. The first-order valence-corrected chi connectivity index (χ1v) is 6.70. The maximum Gasteiger partial charge on any atom is 0.257 e. The van der Waals surface area contributed by atoms with Crippen molar-refractivity contribution >= 4 is 37.8 Å². The molecule has 1 rings (SSSR count). The van der Waals surface area contributed by atoms with E-state index in [9.17, 15) is 9.90 Å². The van der Waals surface area contributed by atoms with E-state index in [1.165, 1.54) is 6.07 Å². The van der Waals surface area contributed by atoms with Gasteiger partial charge in [0.2, 0.25) is 0 Å². The highest BCUT2D eigenvalue weighted by Gasteiger charge is 2.19. The molecule has 0 radical (unpaired) electrons. The Morgan fingerprint density at radius 1 is 1.56 bits per heavy atom. The number of amides is 1. The molecule has 0 spiro atoms. The van der Waals surface area contributed by atoms with Crippen LogP contribution in [0.2, 0.25) is 0 Å². The number of alkyl halides is 1. The first-order chi connectivity index (χ1) is 7.47. The van der Waals surface area contributed by atoms with Crippen LogP contribution in [0.3, 0.4) is 0 Å². The molecule has 0 saturated heterocycles. The van der Waals surface area contributed by atoms with Crippen LogP contribution in [0.4, 0.5) is 0 Å². The normalized spacial score (nSPS) is 12.2. The highest BCUT2D eigenvalue weighted by atomic mass is 79.9. The lowest BCUT2D eigenvalue weighted by atomic mass is 10.1. The Labute approximate surface area is 112 Å². The van der Waals surface area contributed by atoms with Crippen LogP contribution in [-0.2, 0) is 0 Å². The quantitative estimate of drug-likeness (QED) is 0.851. The number of benzene rings is 1. The zero-order valence-corrected chi connectivity index (χ0v) is 12.2. The number of rotatable bonds is 3. The molecule has 0 aliphatic carbocycles. The predicted octanol–water partition coefficient (Wildman–Crippen LogP) is 3.01. The van der Waals surface area contributed by atoms with Gasteiger partial charge >= 0.3 is 0 Å². The van der Waals surface area contributed by atoms with Gasteiger partial charge < -0.3 is 10.0 Å². The second-order valence-electron chi connectivity index (χ2n) is 3.58. The van der Waals surface area contributed by atoms with Crippen LogP contribution < -0.4 is 0 Å². The van der Waals surface area contributed by atoms with Gasteiger partial charge in [-0.2, -0.15) is 0 Å². The predicted molar refractivity (Wildman–Crippen MR) is 71.2 cm³/mol. The smallest absolute Gasteiger partial charge is 0.257 e. The number of phenols is 1. The summed E-state index contributed by atoms with van der Waals surface area (Å²) in [4.78, 5) is 13.6. The third-order valence-corrected chi connectivity index (χ3v) is 3.82. The van der Waals surface area contributed by atoms with E-state index in [1.807, 2.05) is 6.92 Å². The number of nitrogens with zero attached hydrogens (tertiary/aromatic N) is 1. The summed E-state index contributed by atoms with van der Waals surface area (Å²) in [7, 11) is 1.72. The van der Waals surface area contributed by atoms with Gasteiger partial charge in [-0.3, -0.25) is 4.79 Å². The Morgan fingerprint density at radius 2 is 2.19 bits per heavy atom. The van der Waals surface area contributed by atoms with E-state index in [0.29, 0.717) is 10.9 Å². The van der Waals surface area contributed by atoms with E-state index in [4.69, 9.17) is 0 Å². The molecule has 1 aromatic carbocycles. The molecule has 88 valence electrons. The fourth-order valence-electron chi connectivity index (χ4n) is 1.17. The van der Waals surface area contributed by atoms with E-state index in [2.05, 4.69) is 31.9 Å². The molecule has 0 aliphatic heterocycles. The van der Waals surface area contributed by atoms with Crippen LogP contribution in [0.15, 0.2) is 22.7 Å². The first-order valence-electron chi connectivity index (χ1n) is 4.79. The topological polar surface area (TPSA) is 40.5 Å². The van der Waals surface area contributed by atoms with Gasteiger partial charge in [0.05, 0.1) is 5.56 Å². The third kappa shape index (κ3) is 2.98. The molecule has 0 fully saturated rings. The molecule has 3 nitrogen and oxygen atoms in total. The molecule has 1 unspecified atom stereocenters. The fourth-order valence-corrected chi connectivity index (χ4v) is 1.97. The highest BCUT2D eigenvalue weighted by Crippen LogP contribution is 2.23. The van der Waals surface area contributed by atoms with Crippen LogP contribution in [-0.4, -0.2) is 34.3 Å². The maximum absolute atomic E-state index is 12.0. The SMILES string of the molecule is CC(CBr)N(C)C(=O)c1cc(Br)ccc1O. The summed E-state index contributed by atoms with van der Waals surface area (Å²) in [5.41, 5.74) is 0.310. The Hall–Kier alpha value is -0.550. The van der Waals surface area contributed by atoms with Gasteiger partial charge in [0.25, 0.3) is 5.91 Å². The van der Waals surface area contributed by atoms with Crippen molar-refractivity contribution in [1.82, 2.24) is 4.90 Å². The average Bonchev–Trinajstić information content (AvgIpc) is 2.29. The first kappa shape index (κ1) is 13.5. The van der Waals surface area contributed by atoms with Crippen molar-refractivity contribution in [3.05, 3.63) is 28.2 Å². The molecule has 0 heterocycles. The standard InChI is InChI=1S/C11H13Br2NO2/c1-7(6-12)14(2)11(16)9-5-8(13)3-4-10(9)15/h3-5,7,15H,6H2,1-2H3. The molecule has 1 N–H and O–H groups in total. The molecule has 5 heteroatoms. The molecule has 16 heavy (non-hydrogen) atoms. The van der Waals surface area contributed by atoms with Crippen molar-refractivity contribution in [2.45, 2.75) is 13.0 Å². The van der Waals surface area contributed by atoms with Gasteiger partial charge in [-0.15, -0.1) is 0 Å². The number of aromatic hydroxyl groups is 1. The highest BCUT2D eigenvalue weighted by molar-refractivity contribution is 9.10. The summed E-state index contributed by atoms with van der Waals surface area (Å²) >= 11 is 6.60. The Bertz CT molecular complexity index is 396. The average molecular weight is 351 g/mol. The minimum atomic E-state index is -0.189. The molecular formula is C11H13Br2NO2. The van der Waals surface area contributed by atoms with Crippen molar-refractivity contribution in [2.24, 2.45) is 0 Å². The summed E-state index contributed by atoms with van der Waals surface area (Å²) in [6.45, 7) is 1.93. The van der Waals surface area contributed by atoms with Crippen molar-refractivity contribution < 1.29 is 9.90 Å². The van der Waals surface area contributed by atoms with E-state index in [-0.39, 0.29) is 17.7 Å². The molecule has 0 saturated carbocycles. The van der Waals surface area contributed by atoms with Gasteiger partial charge in [0, 0.05) is 22.9 Å². The van der Waals surface area contributed by atoms with Crippen LogP contribution in [0.1, 0.15) is 17.3 Å². The van der Waals surface area contributed by atoms with Crippen molar-refractivity contribution in [1.29, 1.82) is 0 Å². The van der Waals surface area contributed by atoms with E-state index < -0.39 is 0 Å². The monoisotopic (exact) mass is 349 g/mol. The van der Waals surface area contributed by atoms with Gasteiger partial charge in [-0.25, -0.2) is 0 Å². The van der Waals surface area contributed by atoms with Crippen LogP contribution in [0.25, 0.3) is 0 Å². The lowest BCUT2D eigenvalue weighted by molar-refractivity contribution is 0.0755. The number of hydrogen-bond acceptors (Lipinski definition) is 2. The lowest BCUT2D eigenvalue weighted by Gasteiger charge is -2.23. The molecule has 1 amide bonds. The number of hydrogen-bond donors (Lipinski definition) is 1. The summed E-state index contributed by atoms with van der Waals surface area (Å²) in [6.07, 6.45) is 0. The van der Waals surface area contributed by atoms with Crippen molar-refractivity contribution in [3.8, 4) is 5.75 Å². The summed E-state index contributed by atoms with van der Waals surface area (Å²) < 4.78 is 0.772. The maximum atomic E-state index is 12.0. The van der Waals surface area contributed by atoms with Crippen LogP contribution >= 0.6 is 31.9 Å². The van der Waals surface area contributed by atoms with Crippen LogP contribution in [0.5, 0.6) is 5.75 Å². The van der Waals surface area contributed by atoms with E-state index in [1.54, 1.807) is 24.1 Å². The Kier molecular flexibility index (Phi) is 4.80. The van der Waals surface area contributed by atoms with Crippen molar-refractivity contribution in [3.63, 3.8) is 0 Å². The van der Waals surface area contributed by atoms with E-state index in [0.717, 1.165) is 4.47 Å². The number of halogens is 2. The van der Waals surface area contributed by atoms with Gasteiger partial charge in [0.1, 0.15) is 5.75 Å². The molecule has 0 aromatic heterocycles. The minimum Gasteiger partial charge on any atom is -0.507 e. The molecule has 0 bridgehead atoms. The molecule has 0 aliphatic rings. The third-order valence-electron chi connectivity index (χ3n) is 2.39. The summed E-state index contributed by atoms with van der Waals surface area (Å²) in [5.74, 6) is -0.187. The fraction of sp³-hybridized carbons (Fsp3) is 0.364. The zero-order valence-electron chi connectivity index (χ0n) is 9.08. The summed E-state index contributed by atoms with van der Waals surface area (Å²) in [6, 6.07) is 4.89. The lowest BCUT2D eigenvalue weighted by Crippen LogP contribution is -2.36. The number of carbonyl (C=O) groups excluding carboxylic acids is 1. The van der Waals surface area contributed by atoms with Crippen LogP contribution in [0, 0.1) is 0 Å². The number of phenolic OH excluding ortho intramolecular Hbond substituents is 1. The zero-order chi connectivity index (χ0) is 12.3. The molecule has 1 aromatic rings. The second-order valence-corrected chi connectivity index (χ2v) is 5.14. The summed E-state index contributed by atoms with van der Waals surface area (Å²) in [5, 5.41) is 10.3. The van der Waals surface area contributed by atoms with Gasteiger partial charge in [-0.05, 0) is 25.1 Å². The Balaban J connectivity index is 3.00. The van der Waals surface area contributed by atoms with E-state index >= 15 is 0 Å². The largest absolute Gasteiger partial charge is 0.507 e. The van der Waals surface area contributed by atoms with Crippen molar-refractivity contribution in [2.75, 3.05) is 12.4 Å². The molecular weight excluding hydrogens is 338 g/mol. The van der Waals surface area contributed by atoms with Gasteiger partial charge in [0.15, 0.2) is 0 Å². The van der Waals surface area contributed by atoms with Gasteiger partial charge in [-0.1, -0.05) is 31.9 Å². The second kappa shape index (κ2) is 5.68. The number of carbonyl (C=O) groups is 1. The minimum absolute atomic E-state index is 0.00169.